The highest BCUT2D eigenvalue weighted by atomic mass is 31.2. The summed E-state index contributed by atoms with van der Waals surface area (Å²) in [5.74, 6) is 0. The van der Waals surface area contributed by atoms with Gasteiger partial charge in [-0.05, 0) is 88.5 Å². The van der Waals surface area contributed by atoms with Gasteiger partial charge in [0.2, 0.25) is 0 Å². The van der Waals surface area contributed by atoms with Gasteiger partial charge in [0.05, 0.1) is 0 Å². The number of fused-ring (bicyclic) bond motifs is 3. The maximum absolute atomic E-state index is 5.15. The van der Waals surface area contributed by atoms with Gasteiger partial charge in [0.1, 0.15) is 0 Å². The monoisotopic (exact) mass is 654 g/mol. The fraction of sp³-hybridized carbons (Fsp3) is 0. The lowest BCUT2D eigenvalue weighted by Gasteiger charge is -2.27. The van der Waals surface area contributed by atoms with Gasteiger partial charge in [0, 0.05) is 0 Å². The van der Waals surface area contributed by atoms with Gasteiger partial charge in [0.15, 0.2) is 0 Å². The number of hydrogen-bond acceptors (Lipinski definition) is 0. The smallest absolute Gasteiger partial charge is 0.0105 e. The highest BCUT2D eigenvalue weighted by Crippen LogP contribution is 2.44. The molecule has 0 nitrogen and oxygen atoms in total. The molecule has 0 heterocycles. The average molecular weight is 655 g/mol. The minimum absolute atomic E-state index is 1.22. The second-order valence-electron chi connectivity index (χ2n) is 13.0. The molecule has 0 unspecified atom stereocenters. The summed E-state index contributed by atoms with van der Waals surface area (Å²) in [6, 6.07) is 73.1. The lowest BCUT2D eigenvalue weighted by Crippen LogP contribution is -2.25. The van der Waals surface area contributed by atoms with Crippen LogP contribution in [0.2, 0.25) is 0 Å². The molecule has 0 spiro atoms. The number of benzene rings is 9. The standard InChI is InChI=1S/C49H35P/c1-50(41-29-23-38(24-30-41)47-20-8-14-35-11-2-5-17-44(35)47,42-31-25-39(26-32-42)48-21-9-15-36-12-3-6-18-45(36)48)43-33-27-40(28-34-43)49-22-10-16-37-13-4-7-19-46(37)49/h2-34H,1H2. The Morgan fingerprint density at radius 3 is 0.820 bits per heavy atom. The maximum Gasteiger partial charge on any atom is -0.0105 e. The Balaban J connectivity index is 1.16. The van der Waals surface area contributed by atoms with Gasteiger partial charge >= 0.3 is 0 Å². The third-order valence-electron chi connectivity index (χ3n) is 10.2. The number of rotatable bonds is 6. The summed E-state index contributed by atoms with van der Waals surface area (Å²) < 4.78 is 0. The lowest BCUT2D eigenvalue weighted by atomic mass is 9.98. The van der Waals surface area contributed by atoms with Crippen molar-refractivity contribution in [2.24, 2.45) is 0 Å². The first-order valence-electron chi connectivity index (χ1n) is 17.2. The minimum atomic E-state index is -2.25. The van der Waals surface area contributed by atoms with E-state index >= 15 is 0 Å². The molecule has 236 valence electrons. The van der Waals surface area contributed by atoms with E-state index in [9.17, 15) is 0 Å². The van der Waals surface area contributed by atoms with Crippen molar-refractivity contribution in [3.63, 3.8) is 0 Å². The predicted molar refractivity (Wildman–Crippen MR) is 221 cm³/mol. The molecule has 0 bridgehead atoms. The zero-order valence-electron chi connectivity index (χ0n) is 27.7. The summed E-state index contributed by atoms with van der Waals surface area (Å²) in [4.78, 5) is 0. The van der Waals surface area contributed by atoms with Crippen LogP contribution >= 0.6 is 6.89 Å². The van der Waals surface area contributed by atoms with Crippen molar-refractivity contribution in [3.8, 4) is 33.4 Å². The molecule has 1 heteroatoms. The van der Waals surface area contributed by atoms with E-state index < -0.39 is 6.89 Å². The summed E-state index contributed by atoms with van der Waals surface area (Å²) in [6.45, 7) is -2.25. The van der Waals surface area contributed by atoms with Gasteiger partial charge < -0.3 is 0 Å². The third-order valence-corrected chi connectivity index (χ3v) is 13.8. The highest BCUT2D eigenvalue weighted by molar-refractivity contribution is 7.93. The van der Waals surface area contributed by atoms with E-state index in [0.717, 1.165) is 0 Å². The zero-order chi connectivity index (χ0) is 33.5. The van der Waals surface area contributed by atoms with E-state index in [4.69, 9.17) is 6.30 Å². The van der Waals surface area contributed by atoms with Crippen LogP contribution in [0.15, 0.2) is 200 Å². The van der Waals surface area contributed by atoms with Crippen LogP contribution in [-0.2, 0) is 0 Å². The van der Waals surface area contributed by atoms with Gasteiger partial charge in [-0.2, -0.15) is 0 Å². The quantitative estimate of drug-likeness (QED) is 0.157. The maximum atomic E-state index is 5.15. The Hall–Kier alpha value is -5.94. The van der Waals surface area contributed by atoms with Crippen molar-refractivity contribution in [1.82, 2.24) is 0 Å². The van der Waals surface area contributed by atoms with Crippen LogP contribution in [0.4, 0.5) is 0 Å². The minimum Gasteiger partial charge on any atom is -0.0887 e. The first kappa shape index (κ1) is 30.1. The molecule has 0 aromatic heterocycles. The van der Waals surface area contributed by atoms with Crippen LogP contribution in [-0.4, -0.2) is 6.30 Å². The molecule has 0 saturated heterocycles. The molecule has 0 saturated carbocycles. The molecular weight excluding hydrogens is 620 g/mol. The molecule has 9 aromatic carbocycles. The molecule has 0 aliphatic heterocycles. The van der Waals surface area contributed by atoms with E-state index in [1.165, 1.54) is 81.6 Å². The van der Waals surface area contributed by atoms with Crippen molar-refractivity contribution >= 4 is 61.4 Å². The average Bonchev–Trinajstić information content (AvgIpc) is 3.20. The van der Waals surface area contributed by atoms with Crippen molar-refractivity contribution in [3.05, 3.63) is 200 Å². The second-order valence-corrected chi connectivity index (χ2v) is 16.2. The summed E-state index contributed by atoms with van der Waals surface area (Å²) >= 11 is 0. The normalized spacial score (nSPS) is 11.7. The number of hydrogen-bond donors (Lipinski definition) is 0. The van der Waals surface area contributed by atoms with Crippen molar-refractivity contribution < 1.29 is 0 Å². The summed E-state index contributed by atoms with van der Waals surface area (Å²) in [7, 11) is 0. The lowest BCUT2D eigenvalue weighted by molar-refractivity contribution is 1.66. The van der Waals surface area contributed by atoms with Crippen molar-refractivity contribution in [1.29, 1.82) is 0 Å². The second kappa shape index (κ2) is 12.5. The van der Waals surface area contributed by atoms with Crippen molar-refractivity contribution in [2.45, 2.75) is 0 Å². The molecule has 50 heavy (non-hydrogen) atoms. The molecule has 0 atom stereocenters. The molecule has 0 aliphatic carbocycles. The molecule has 0 radical (unpaired) electrons. The largest absolute Gasteiger partial charge is 0.0887 e. The Bertz CT molecular complexity index is 2380. The van der Waals surface area contributed by atoms with Gasteiger partial charge in [-0.1, -0.05) is 206 Å². The van der Waals surface area contributed by atoms with Crippen LogP contribution in [0.1, 0.15) is 0 Å². The molecule has 0 fully saturated rings. The van der Waals surface area contributed by atoms with Gasteiger partial charge in [-0.3, -0.25) is 0 Å². The Morgan fingerprint density at radius 1 is 0.260 bits per heavy atom. The topological polar surface area (TPSA) is 0 Å². The van der Waals surface area contributed by atoms with E-state index in [0.29, 0.717) is 0 Å². The first-order chi connectivity index (χ1) is 24.7. The van der Waals surface area contributed by atoms with E-state index in [-0.39, 0.29) is 0 Å². The van der Waals surface area contributed by atoms with E-state index in [2.05, 4.69) is 200 Å². The fourth-order valence-corrected chi connectivity index (χ4v) is 10.4. The highest BCUT2D eigenvalue weighted by Gasteiger charge is 2.23. The predicted octanol–water partition coefficient (Wildman–Crippen LogP) is 11.9. The van der Waals surface area contributed by atoms with Gasteiger partial charge in [0.25, 0.3) is 0 Å². The summed E-state index contributed by atoms with van der Waals surface area (Å²) in [5.41, 5.74) is 7.41. The Kier molecular flexibility index (Phi) is 7.54. The molecule has 0 amide bonds. The molecule has 0 N–H and O–H groups in total. The fourth-order valence-electron chi connectivity index (χ4n) is 7.57. The van der Waals surface area contributed by atoms with Crippen LogP contribution in [0.25, 0.3) is 65.7 Å². The molecule has 0 aliphatic rings. The molecular formula is C49H35P. The van der Waals surface area contributed by atoms with Crippen LogP contribution in [0.3, 0.4) is 0 Å². The van der Waals surface area contributed by atoms with Crippen LogP contribution in [0.5, 0.6) is 0 Å². The van der Waals surface area contributed by atoms with Crippen LogP contribution in [0, 0.1) is 0 Å². The summed E-state index contributed by atoms with van der Waals surface area (Å²) in [6.07, 6.45) is 5.15. The van der Waals surface area contributed by atoms with Crippen LogP contribution < -0.4 is 15.9 Å². The van der Waals surface area contributed by atoms with Gasteiger partial charge in [-0.25, -0.2) is 0 Å². The third kappa shape index (κ3) is 5.17. The van der Waals surface area contributed by atoms with Gasteiger partial charge in [-0.15, -0.1) is 0 Å². The van der Waals surface area contributed by atoms with Crippen molar-refractivity contribution in [2.75, 3.05) is 0 Å². The molecule has 9 aromatic rings. The Morgan fingerprint density at radius 2 is 0.520 bits per heavy atom. The summed E-state index contributed by atoms with van der Waals surface area (Å²) in [5, 5.41) is 11.4. The first-order valence-corrected chi connectivity index (χ1v) is 19.1. The SMILES string of the molecule is C=P(c1ccc(-c2cccc3ccccc23)cc1)(c1ccc(-c2cccc3ccccc23)cc1)c1ccc(-c2cccc3ccccc23)cc1. The van der Waals surface area contributed by atoms with E-state index in [1.54, 1.807) is 0 Å². The zero-order valence-corrected chi connectivity index (χ0v) is 28.6. The van der Waals surface area contributed by atoms with E-state index in [1.807, 2.05) is 0 Å². The molecule has 9 rings (SSSR count). The Labute approximate surface area is 293 Å².